The maximum Gasteiger partial charge on any atom is 0.240 e. The number of rotatable bonds is 4. The molecule has 0 saturated carbocycles. The molecule has 0 unspecified atom stereocenters. The molecule has 16 heavy (non-hydrogen) atoms. The lowest BCUT2D eigenvalue weighted by Gasteiger charge is -2.27. The Labute approximate surface area is 94.8 Å². The van der Waals surface area contributed by atoms with Crippen LogP contribution in [-0.4, -0.2) is 34.4 Å². The fourth-order valence-electron chi connectivity index (χ4n) is 1.94. The van der Waals surface area contributed by atoms with Crippen molar-refractivity contribution in [1.82, 2.24) is 15.0 Å². The maximum absolute atomic E-state index is 10.6. The highest BCUT2D eigenvalue weighted by Crippen LogP contribution is 2.16. The van der Waals surface area contributed by atoms with Gasteiger partial charge in [-0.15, -0.1) is 0 Å². The maximum atomic E-state index is 10.6. The van der Waals surface area contributed by atoms with E-state index in [0.29, 0.717) is 12.4 Å². The SMILES string of the molecule is CCc1noc(CN2CCC(C=O)CC2)n1. The average Bonchev–Trinajstić information content (AvgIpc) is 2.78. The molecule has 1 aliphatic heterocycles. The summed E-state index contributed by atoms with van der Waals surface area (Å²) in [5, 5.41) is 3.86. The quantitative estimate of drug-likeness (QED) is 0.714. The summed E-state index contributed by atoms with van der Waals surface area (Å²) in [5.41, 5.74) is 0. The molecule has 0 atom stereocenters. The standard InChI is InChI=1S/C11H17N3O2/c1-2-10-12-11(16-13-10)7-14-5-3-9(8-15)4-6-14/h8-9H,2-7H2,1H3. The van der Waals surface area contributed by atoms with Crippen molar-refractivity contribution < 1.29 is 9.32 Å². The van der Waals surface area contributed by atoms with Crippen LogP contribution in [0.25, 0.3) is 0 Å². The van der Waals surface area contributed by atoms with Crippen molar-refractivity contribution in [2.24, 2.45) is 5.92 Å². The first kappa shape index (κ1) is 11.3. The van der Waals surface area contributed by atoms with Gasteiger partial charge in [0.2, 0.25) is 5.89 Å². The molecule has 2 rings (SSSR count). The first-order chi connectivity index (χ1) is 7.81. The number of hydrogen-bond acceptors (Lipinski definition) is 5. The number of piperidine rings is 1. The predicted molar refractivity (Wildman–Crippen MR) is 57.7 cm³/mol. The van der Waals surface area contributed by atoms with Crippen molar-refractivity contribution >= 4 is 6.29 Å². The third kappa shape index (κ3) is 2.66. The van der Waals surface area contributed by atoms with Gasteiger partial charge in [-0.25, -0.2) is 0 Å². The van der Waals surface area contributed by atoms with Crippen LogP contribution >= 0.6 is 0 Å². The molecule has 0 aliphatic carbocycles. The predicted octanol–water partition coefficient (Wildman–Crippen LogP) is 1.04. The van der Waals surface area contributed by atoms with Gasteiger partial charge in [0.25, 0.3) is 0 Å². The number of hydrogen-bond donors (Lipinski definition) is 0. The van der Waals surface area contributed by atoms with E-state index >= 15 is 0 Å². The van der Waals surface area contributed by atoms with Gasteiger partial charge in [-0.1, -0.05) is 12.1 Å². The van der Waals surface area contributed by atoms with Crippen LogP contribution in [0.1, 0.15) is 31.5 Å². The molecule has 5 nitrogen and oxygen atoms in total. The van der Waals surface area contributed by atoms with Crippen molar-refractivity contribution in [3.05, 3.63) is 11.7 Å². The third-order valence-corrected chi connectivity index (χ3v) is 3.01. The van der Waals surface area contributed by atoms with Crippen LogP contribution in [0.4, 0.5) is 0 Å². The smallest absolute Gasteiger partial charge is 0.240 e. The van der Waals surface area contributed by atoms with Crippen LogP contribution in [0, 0.1) is 5.92 Å². The lowest BCUT2D eigenvalue weighted by molar-refractivity contribution is -0.112. The van der Waals surface area contributed by atoms with E-state index in [4.69, 9.17) is 4.52 Å². The third-order valence-electron chi connectivity index (χ3n) is 3.01. The second-order valence-corrected chi connectivity index (χ2v) is 4.21. The first-order valence-electron chi connectivity index (χ1n) is 5.81. The lowest BCUT2D eigenvalue weighted by atomic mass is 9.99. The van der Waals surface area contributed by atoms with Crippen LogP contribution < -0.4 is 0 Å². The topological polar surface area (TPSA) is 59.2 Å². The Balaban J connectivity index is 1.84. The molecule has 1 aromatic heterocycles. The minimum absolute atomic E-state index is 0.241. The number of aldehydes is 1. The van der Waals surface area contributed by atoms with Crippen LogP contribution in [0.2, 0.25) is 0 Å². The number of carbonyl (C=O) groups is 1. The number of likely N-dealkylation sites (tertiary alicyclic amines) is 1. The summed E-state index contributed by atoms with van der Waals surface area (Å²) in [4.78, 5) is 17.1. The first-order valence-corrected chi connectivity index (χ1v) is 5.81. The van der Waals surface area contributed by atoms with Gasteiger partial charge in [0.15, 0.2) is 5.82 Å². The zero-order valence-electron chi connectivity index (χ0n) is 9.56. The molecule has 0 spiro atoms. The molecule has 1 aromatic rings. The van der Waals surface area contributed by atoms with E-state index in [1.54, 1.807) is 0 Å². The van der Waals surface area contributed by atoms with E-state index in [2.05, 4.69) is 15.0 Å². The van der Waals surface area contributed by atoms with E-state index in [1.165, 1.54) is 0 Å². The highest BCUT2D eigenvalue weighted by Gasteiger charge is 2.20. The Kier molecular flexibility index (Phi) is 3.66. The van der Waals surface area contributed by atoms with Crippen molar-refractivity contribution in [3.8, 4) is 0 Å². The number of aryl methyl sites for hydroxylation is 1. The molecular formula is C11H17N3O2. The zero-order valence-corrected chi connectivity index (χ0v) is 9.56. The van der Waals surface area contributed by atoms with E-state index in [9.17, 15) is 4.79 Å². The Morgan fingerprint density at radius 2 is 2.25 bits per heavy atom. The highest BCUT2D eigenvalue weighted by atomic mass is 16.5. The number of aromatic nitrogens is 2. The normalized spacial score (nSPS) is 18.8. The van der Waals surface area contributed by atoms with Crippen molar-refractivity contribution in [2.75, 3.05) is 13.1 Å². The van der Waals surface area contributed by atoms with Crippen molar-refractivity contribution in [1.29, 1.82) is 0 Å². The molecule has 0 radical (unpaired) electrons. The number of carbonyl (C=O) groups excluding carboxylic acids is 1. The minimum atomic E-state index is 0.241. The van der Waals surface area contributed by atoms with Crippen LogP contribution in [0.3, 0.4) is 0 Å². The van der Waals surface area contributed by atoms with Gasteiger partial charge in [-0.2, -0.15) is 4.98 Å². The van der Waals surface area contributed by atoms with Gasteiger partial charge >= 0.3 is 0 Å². The summed E-state index contributed by atoms with van der Waals surface area (Å²) in [6, 6.07) is 0. The summed E-state index contributed by atoms with van der Waals surface area (Å²) in [5.74, 6) is 1.68. The molecule has 0 N–H and O–H groups in total. The minimum Gasteiger partial charge on any atom is -0.338 e. The average molecular weight is 223 g/mol. The van der Waals surface area contributed by atoms with Crippen molar-refractivity contribution in [2.45, 2.75) is 32.7 Å². The summed E-state index contributed by atoms with van der Waals surface area (Å²) < 4.78 is 5.14. The van der Waals surface area contributed by atoms with Gasteiger partial charge in [0.1, 0.15) is 6.29 Å². The summed E-state index contributed by atoms with van der Waals surface area (Å²) >= 11 is 0. The molecule has 2 heterocycles. The highest BCUT2D eigenvalue weighted by molar-refractivity contribution is 5.53. The second-order valence-electron chi connectivity index (χ2n) is 4.21. The summed E-state index contributed by atoms with van der Waals surface area (Å²) in [7, 11) is 0. The Morgan fingerprint density at radius 1 is 1.50 bits per heavy atom. The number of nitrogens with zero attached hydrogens (tertiary/aromatic N) is 3. The Bertz CT molecular complexity index is 343. The molecule has 1 aliphatic rings. The van der Waals surface area contributed by atoms with Gasteiger partial charge < -0.3 is 9.32 Å². The molecule has 88 valence electrons. The van der Waals surface area contributed by atoms with Crippen LogP contribution in [0.5, 0.6) is 0 Å². The van der Waals surface area contributed by atoms with Gasteiger partial charge in [-0.05, 0) is 25.9 Å². The summed E-state index contributed by atoms with van der Waals surface area (Å²) in [6.45, 7) is 4.59. The lowest BCUT2D eigenvalue weighted by Crippen LogP contribution is -2.33. The Hall–Kier alpha value is -1.23. The monoisotopic (exact) mass is 223 g/mol. The van der Waals surface area contributed by atoms with Gasteiger partial charge in [0, 0.05) is 12.3 Å². The molecule has 0 bridgehead atoms. The Morgan fingerprint density at radius 3 is 2.81 bits per heavy atom. The van der Waals surface area contributed by atoms with E-state index < -0.39 is 0 Å². The zero-order chi connectivity index (χ0) is 11.4. The van der Waals surface area contributed by atoms with Gasteiger partial charge in [-0.3, -0.25) is 4.90 Å². The molecular weight excluding hydrogens is 206 g/mol. The van der Waals surface area contributed by atoms with E-state index in [1.807, 2.05) is 6.92 Å². The molecule has 0 aromatic carbocycles. The molecule has 5 heteroatoms. The van der Waals surface area contributed by atoms with Crippen LogP contribution in [-0.2, 0) is 17.8 Å². The fraction of sp³-hybridized carbons (Fsp3) is 0.727. The molecule has 0 amide bonds. The van der Waals surface area contributed by atoms with Gasteiger partial charge in [0.05, 0.1) is 6.54 Å². The van der Waals surface area contributed by atoms with Crippen LogP contribution in [0.15, 0.2) is 4.52 Å². The fourth-order valence-corrected chi connectivity index (χ4v) is 1.94. The summed E-state index contributed by atoms with van der Waals surface area (Å²) in [6.07, 6.45) is 3.76. The second kappa shape index (κ2) is 5.21. The molecule has 1 fully saturated rings. The van der Waals surface area contributed by atoms with Crippen molar-refractivity contribution in [3.63, 3.8) is 0 Å². The van der Waals surface area contributed by atoms with E-state index in [0.717, 1.165) is 44.5 Å². The largest absolute Gasteiger partial charge is 0.338 e. The van der Waals surface area contributed by atoms with E-state index in [-0.39, 0.29) is 5.92 Å². The molecule has 1 saturated heterocycles.